The molecular formula is C15H16N2O2. The molecule has 0 unspecified atom stereocenters. The highest BCUT2D eigenvalue weighted by Gasteiger charge is 2.37. The van der Waals surface area contributed by atoms with Crippen molar-refractivity contribution in [3.05, 3.63) is 42.0 Å². The Hall–Kier alpha value is -2.10. The van der Waals surface area contributed by atoms with Crippen LogP contribution in [0.25, 0.3) is 0 Å². The number of hydrogen-bond acceptors (Lipinski definition) is 3. The van der Waals surface area contributed by atoms with Crippen LogP contribution in [0.4, 0.5) is 0 Å². The predicted octanol–water partition coefficient (Wildman–Crippen LogP) is 2.38. The summed E-state index contributed by atoms with van der Waals surface area (Å²) in [5.41, 5.74) is 4.33. The zero-order chi connectivity index (χ0) is 13.2. The summed E-state index contributed by atoms with van der Waals surface area (Å²) < 4.78 is 5.05. The van der Waals surface area contributed by atoms with E-state index in [1.165, 1.54) is 0 Å². The highest BCUT2D eigenvalue weighted by atomic mass is 16.5. The molecule has 0 radical (unpaired) electrons. The number of nitrogens with one attached hydrogen (secondary N) is 1. The second-order valence-corrected chi connectivity index (χ2v) is 4.91. The summed E-state index contributed by atoms with van der Waals surface area (Å²) >= 11 is 0. The normalized spacial score (nSPS) is 25.8. The number of hydrogen-bond donors (Lipinski definition) is 1. The van der Waals surface area contributed by atoms with Gasteiger partial charge in [0.05, 0.1) is 7.11 Å². The van der Waals surface area contributed by atoms with Gasteiger partial charge in [-0.1, -0.05) is 12.2 Å². The Morgan fingerprint density at radius 3 is 2.84 bits per heavy atom. The minimum absolute atomic E-state index is 0.176. The molecule has 0 saturated heterocycles. The Bertz CT molecular complexity index is 546. The van der Waals surface area contributed by atoms with Crippen LogP contribution in [0, 0.1) is 11.8 Å². The van der Waals surface area contributed by atoms with Crippen LogP contribution in [0.15, 0.2) is 41.5 Å². The number of carbonyl (C=O) groups is 1. The Morgan fingerprint density at radius 2 is 2.16 bits per heavy atom. The molecule has 1 aromatic carbocycles. The van der Waals surface area contributed by atoms with Gasteiger partial charge in [-0.15, -0.1) is 0 Å². The van der Waals surface area contributed by atoms with E-state index in [1.807, 2.05) is 0 Å². The molecule has 1 amide bonds. The van der Waals surface area contributed by atoms with Gasteiger partial charge >= 0.3 is 0 Å². The fourth-order valence-corrected chi connectivity index (χ4v) is 2.59. The van der Waals surface area contributed by atoms with E-state index in [0.29, 0.717) is 17.4 Å². The number of nitrogens with zero attached hydrogens (tertiary/aromatic N) is 1. The fraction of sp³-hybridized carbons (Fsp3) is 0.333. The van der Waals surface area contributed by atoms with E-state index in [2.05, 4.69) is 22.7 Å². The maximum Gasteiger partial charge on any atom is 0.271 e. The number of hydrazone groups is 1. The Kier molecular flexibility index (Phi) is 3.07. The zero-order valence-corrected chi connectivity index (χ0v) is 10.8. The van der Waals surface area contributed by atoms with Crippen molar-refractivity contribution in [3.63, 3.8) is 0 Å². The van der Waals surface area contributed by atoms with E-state index >= 15 is 0 Å². The zero-order valence-electron chi connectivity index (χ0n) is 10.8. The lowest BCUT2D eigenvalue weighted by Crippen LogP contribution is -2.35. The van der Waals surface area contributed by atoms with E-state index in [1.54, 1.807) is 31.4 Å². The number of benzene rings is 1. The van der Waals surface area contributed by atoms with Crippen molar-refractivity contribution in [1.29, 1.82) is 0 Å². The number of rotatable bonds is 3. The van der Waals surface area contributed by atoms with Crippen LogP contribution in [0.1, 0.15) is 23.2 Å². The van der Waals surface area contributed by atoms with Crippen LogP contribution in [0.5, 0.6) is 5.75 Å². The third kappa shape index (κ3) is 2.26. The average Bonchev–Trinajstić information content (AvgIpc) is 2.80. The molecule has 19 heavy (non-hydrogen) atoms. The molecule has 2 aliphatic carbocycles. The lowest BCUT2D eigenvalue weighted by Gasteiger charge is -2.31. The number of amides is 1. The summed E-state index contributed by atoms with van der Waals surface area (Å²) in [6.45, 7) is 0. The van der Waals surface area contributed by atoms with Gasteiger partial charge in [0, 0.05) is 17.2 Å². The first-order valence-corrected chi connectivity index (χ1v) is 6.45. The van der Waals surface area contributed by atoms with Gasteiger partial charge in [-0.2, -0.15) is 5.10 Å². The maximum absolute atomic E-state index is 11.9. The third-order valence-corrected chi connectivity index (χ3v) is 3.82. The Labute approximate surface area is 112 Å². The summed E-state index contributed by atoms with van der Waals surface area (Å²) in [4.78, 5) is 11.9. The fourth-order valence-electron chi connectivity index (χ4n) is 2.59. The van der Waals surface area contributed by atoms with Crippen LogP contribution in [0.2, 0.25) is 0 Å². The van der Waals surface area contributed by atoms with Crippen molar-refractivity contribution in [3.8, 4) is 5.75 Å². The quantitative estimate of drug-likeness (QED) is 0.666. The standard InChI is InChI=1S/C15H16N2O2/c1-19-12-7-5-10(6-8-12)15(18)17-16-14-9-11-3-2-4-13(11)14/h2-3,5-8,11,13H,4,9H2,1H3,(H,17,18)/b16-14+/t11-,13+/m0/s1. The minimum atomic E-state index is -0.176. The Balaban J connectivity index is 1.60. The number of ether oxygens (including phenoxy) is 1. The van der Waals surface area contributed by atoms with Crippen molar-refractivity contribution in [1.82, 2.24) is 5.43 Å². The topological polar surface area (TPSA) is 50.7 Å². The summed E-state index contributed by atoms with van der Waals surface area (Å²) in [5, 5.41) is 4.24. The molecule has 0 aliphatic heterocycles. The molecule has 0 bridgehead atoms. The van der Waals surface area contributed by atoms with Gasteiger partial charge in [0.25, 0.3) is 5.91 Å². The predicted molar refractivity (Wildman–Crippen MR) is 73.2 cm³/mol. The first kappa shape index (κ1) is 12.0. The van der Waals surface area contributed by atoms with Gasteiger partial charge < -0.3 is 4.74 Å². The lowest BCUT2D eigenvalue weighted by atomic mass is 9.74. The average molecular weight is 256 g/mol. The third-order valence-electron chi connectivity index (χ3n) is 3.82. The highest BCUT2D eigenvalue weighted by molar-refractivity contribution is 5.98. The summed E-state index contributed by atoms with van der Waals surface area (Å²) in [6, 6.07) is 6.99. The second-order valence-electron chi connectivity index (χ2n) is 4.91. The summed E-state index contributed by atoms with van der Waals surface area (Å²) in [5.74, 6) is 1.74. The molecule has 2 atom stereocenters. The molecule has 0 heterocycles. The van der Waals surface area contributed by atoms with Gasteiger partial charge in [-0.25, -0.2) is 5.43 Å². The molecule has 1 N–H and O–H groups in total. The first-order chi connectivity index (χ1) is 9.28. The SMILES string of the molecule is COc1ccc(C(=O)N/N=C2\C[C@@H]3C=CC[C@@H]23)cc1. The molecule has 0 aromatic heterocycles. The van der Waals surface area contributed by atoms with Crippen molar-refractivity contribution in [2.45, 2.75) is 12.8 Å². The van der Waals surface area contributed by atoms with Crippen molar-refractivity contribution < 1.29 is 9.53 Å². The largest absolute Gasteiger partial charge is 0.497 e. The van der Waals surface area contributed by atoms with Gasteiger partial charge in [-0.3, -0.25) is 4.79 Å². The van der Waals surface area contributed by atoms with Gasteiger partial charge in [0.1, 0.15) is 5.75 Å². The van der Waals surface area contributed by atoms with Crippen molar-refractivity contribution >= 4 is 11.6 Å². The van der Waals surface area contributed by atoms with Crippen LogP contribution >= 0.6 is 0 Å². The molecule has 1 saturated carbocycles. The van der Waals surface area contributed by atoms with Crippen molar-refractivity contribution in [2.24, 2.45) is 16.9 Å². The number of methoxy groups -OCH3 is 1. The highest BCUT2D eigenvalue weighted by Crippen LogP contribution is 2.40. The molecule has 1 fully saturated rings. The molecule has 4 heteroatoms. The van der Waals surface area contributed by atoms with Gasteiger partial charge in [-0.05, 0) is 43.0 Å². The van der Waals surface area contributed by atoms with Crippen LogP contribution in [0.3, 0.4) is 0 Å². The van der Waals surface area contributed by atoms with Crippen LogP contribution < -0.4 is 10.2 Å². The second kappa shape index (κ2) is 4.88. The number of fused-ring (bicyclic) bond motifs is 1. The maximum atomic E-state index is 11.9. The van der Waals surface area contributed by atoms with E-state index in [0.717, 1.165) is 24.3 Å². The van der Waals surface area contributed by atoms with Gasteiger partial charge in [0.2, 0.25) is 0 Å². The monoisotopic (exact) mass is 256 g/mol. The van der Waals surface area contributed by atoms with E-state index in [9.17, 15) is 4.79 Å². The minimum Gasteiger partial charge on any atom is -0.497 e. The summed E-state index contributed by atoms with van der Waals surface area (Å²) in [6.07, 6.45) is 6.48. The lowest BCUT2D eigenvalue weighted by molar-refractivity contribution is 0.0954. The van der Waals surface area contributed by atoms with E-state index in [4.69, 9.17) is 4.74 Å². The molecule has 3 rings (SSSR count). The van der Waals surface area contributed by atoms with Crippen LogP contribution in [-0.4, -0.2) is 18.7 Å². The first-order valence-electron chi connectivity index (χ1n) is 6.45. The molecule has 2 aliphatic rings. The molecule has 0 spiro atoms. The smallest absolute Gasteiger partial charge is 0.271 e. The molecule has 1 aromatic rings. The molecular weight excluding hydrogens is 240 g/mol. The van der Waals surface area contributed by atoms with E-state index < -0.39 is 0 Å². The van der Waals surface area contributed by atoms with Gasteiger partial charge in [0.15, 0.2) is 0 Å². The molecule has 98 valence electrons. The molecule has 4 nitrogen and oxygen atoms in total. The summed E-state index contributed by atoms with van der Waals surface area (Å²) in [7, 11) is 1.60. The number of carbonyl (C=O) groups excluding carboxylic acids is 1. The van der Waals surface area contributed by atoms with Crippen LogP contribution in [-0.2, 0) is 0 Å². The van der Waals surface area contributed by atoms with E-state index in [-0.39, 0.29) is 5.91 Å². The Morgan fingerprint density at radius 1 is 1.37 bits per heavy atom. The number of allylic oxidation sites excluding steroid dienone is 2. The van der Waals surface area contributed by atoms with Crippen molar-refractivity contribution in [2.75, 3.05) is 7.11 Å².